The van der Waals surface area contributed by atoms with Crippen LogP contribution in [0.15, 0.2) is 72.8 Å². The van der Waals surface area contributed by atoms with Crippen LogP contribution >= 0.6 is 0 Å². The maximum atomic E-state index is 12.7. The third kappa shape index (κ3) is 9.70. The van der Waals surface area contributed by atoms with Gasteiger partial charge in [0.05, 0.1) is 39.6 Å². The molecule has 2 amide bonds. The first-order chi connectivity index (χ1) is 21.5. The van der Waals surface area contributed by atoms with E-state index in [2.05, 4.69) is 5.32 Å². The average molecular weight is 606 g/mol. The number of amides is 2. The molecule has 1 heterocycles. The van der Waals surface area contributed by atoms with Crippen LogP contribution in [0.3, 0.4) is 0 Å². The van der Waals surface area contributed by atoms with Gasteiger partial charge in [-0.15, -0.1) is 0 Å². The predicted octanol–water partition coefficient (Wildman–Crippen LogP) is 4.35. The molecule has 0 aliphatic carbocycles. The van der Waals surface area contributed by atoms with Crippen LogP contribution in [-0.2, 0) is 33.8 Å². The van der Waals surface area contributed by atoms with Gasteiger partial charge in [0.2, 0.25) is 5.91 Å². The Labute approximate surface area is 259 Å². The summed E-state index contributed by atoms with van der Waals surface area (Å²) < 4.78 is 23.1. The number of piperidine rings is 1. The molecule has 1 fully saturated rings. The zero-order valence-electron chi connectivity index (χ0n) is 25.3. The zero-order chi connectivity index (χ0) is 31.1. The van der Waals surface area contributed by atoms with Crippen molar-refractivity contribution in [3.8, 4) is 11.5 Å². The maximum absolute atomic E-state index is 12.7. The lowest BCUT2D eigenvalue weighted by molar-refractivity contribution is -0.129. The fourth-order valence-corrected chi connectivity index (χ4v) is 5.36. The molecule has 44 heavy (non-hydrogen) atoms. The van der Waals surface area contributed by atoms with E-state index in [9.17, 15) is 14.7 Å². The van der Waals surface area contributed by atoms with E-state index in [4.69, 9.17) is 24.7 Å². The Balaban J connectivity index is 1.25. The lowest BCUT2D eigenvalue weighted by atomic mass is 9.87. The van der Waals surface area contributed by atoms with Crippen molar-refractivity contribution in [2.24, 2.45) is 5.73 Å². The Morgan fingerprint density at radius 3 is 2.43 bits per heavy atom. The van der Waals surface area contributed by atoms with Crippen LogP contribution in [0.2, 0.25) is 0 Å². The minimum absolute atomic E-state index is 0.0545. The lowest BCUT2D eigenvalue weighted by Crippen LogP contribution is -2.47. The Morgan fingerprint density at radius 2 is 1.70 bits per heavy atom. The minimum Gasteiger partial charge on any atom is -0.496 e. The van der Waals surface area contributed by atoms with Crippen LogP contribution in [0.4, 0.5) is 4.79 Å². The van der Waals surface area contributed by atoms with Gasteiger partial charge in [-0.25, -0.2) is 4.79 Å². The number of carboxylic acid groups (broad SMARTS) is 1. The second-order valence-electron chi connectivity index (χ2n) is 10.7. The molecule has 3 aromatic carbocycles. The number of rotatable bonds is 16. The first-order valence-corrected chi connectivity index (χ1v) is 15.0. The van der Waals surface area contributed by atoms with Crippen molar-refractivity contribution in [1.29, 1.82) is 0 Å². The summed E-state index contributed by atoms with van der Waals surface area (Å²) in [5, 5.41) is 12.5. The second kappa shape index (κ2) is 17.2. The van der Waals surface area contributed by atoms with Crippen LogP contribution in [0.25, 0.3) is 0 Å². The van der Waals surface area contributed by atoms with E-state index in [1.807, 2.05) is 72.8 Å². The molecule has 10 nitrogen and oxygen atoms in total. The van der Waals surface area contributed by atoms with Crippen LogP contribution in [0.1, 0.15) is 41.0 Å². The molecule has 1 saturated heterocycles. The summed E-state index contributed by atoms with van der Waals surface area (Å²) in [5.41, 5.74) is 9.85. The molecule has 236 valence electrons. The fraction of sp³-hybridized carbons (Fsp3) is 0.412. The van der Waals surface area contributed by atoms with Crippen LogP contribution < -0.4 is 20.5 Å². The number of nitrogens with one attached hydrogen (secondary N) is 1. The molecular weight excluding hydrogens is 562 g/mol. The van der Waals surface area contributed by atoms with E-state index in [0.717, 1.165) is 46.6 Å². The Bertz CT molecular complexity index is 1330. The van der Waals surface area contributed by atoms with Gasteiger partial charge < -0.3 is 40.0 Å². The normalized spacial score (nSPS) is 16.4. The highest BCUT2D eigenvalue weighted by atomic mass is 16.5. The maximum Gasteiger partial charge on any atom is 0.407 e. The monoisotopic (exact) mass is 605 g/mol. The van der Waals surface area contributed by atoms with Gasteiger partial charge in [-0.1, -0.05) is 54.6 Å². The Morgan fingerprint density at radius 1 is 0.977 bits per heavy atom. The number of likely N-dealkylation sites (tertiary alicyclic amines) is 1. The number of hydrogen-bond acceptors (Lipinski definition) is 7. The molecule has 10 heteroatoms. The summed E-state index contributed by atoms with van der Waals surface area (Å²) in [6, 6.07) is 23.5. The number of carbonyl (C=O) groups excluding carboxylic acids is 1. The van der Waals surface area contributed by atoms with Crippen molar-refractivity contribution in [2.45, 2.75) is 44.4 Å². The van der Waals surface area contributed by atoms with Gasteiger partial charge in [0, 0.05) is 31.0 Å². The van der Waals surface area contributed by atoms with Crippen molar-refractivity contribution in [1.82, 2.24) is 10.2 Å². The van der Waals surface area contributed by atoms with Crippen molar-refractivity contribution in [2.75, 3.05) is 46.6 Å². The first kappa shape index (κ1) is 32.8. The largest absolute Gasteiger partial charge is 0.496 e. The number of carbonyl (C=O) groups is 2. The van der Waals surface area contributed by atoms with E-state index < -0.39 is 12.2 Å². The lowest BCUT2D eigenvalue weighted by Gasteiger charge is -2.37. The van der Waals surface area contributed by atoms with Gasteiger partial charge in [0.1, 0.15) is 18.1 Å². The highest BCUT2D eigenvalue weighted by Gasteiger charge is 2.33. The first-order valence-electron chi connectivity index (χ1n) is 15.0. The molecule has 1 aliphatic rings. The molecule has 3 aromatic rings. The van der Waals surface area contributed by atoms with Gasteiger partial charge >= 0.3 is 6.09 Å². The number of hydrogen-bond donors (Lipinski definition) is 3. The Kier molecular flexibility index (Phi) is 12.8. The van der Waals surface area contributed by atoms with Crippen molar-refractivity contribution in [3.63, 3.8) is 0 Å². The van der Waals surface area contributed by atoms with Gasteiger partial charge in [-0.3, -0.25) is 4.79 Å². The second-order valence-corrected chi connectivity index (χ2v) is 10.7. The van der Waals surface area contributed by atoms with Crippen molar-refractivity contribution in [3.05, 3.63) is 95.1 Å². The third-order valence-corrected chi connectivity index (χ3v) is 7.73. The summed E-state index contributed by atoms with van der Waals surface area (Å²) in [7, 11) is 1.65. The van der Waals surface area contributed by atoms with Gasteiger partial charge in [-0.05, 0) is 54.3 Å². The number of nitrogens with two attached hydrogens (primary N) is 1. The molecule has 4 rings (SSSR count). The van der Waals surface area contributed by atoms with Gasteiger partial charge in [-0.2, -0.15) is 0 Å². The quantitative estimate of drug-likeness (QED) is 0.205. The summed E-state index contributed by atoms with van der Waals surface area (Å²) in [6.07, 6.45) is 0.618. The van der Waals surface area contributed by atoms with E-state index in [-0.39, 0.29) is 25.0 Å². The number of ether oxygens (including phenoxy) is 4. The predicted molar refractivity (Wildman–Crippen MR) is 167 cm³/mol. The molecule has 1 aliphatic heterocycles. The molecule has 0 aromatic heterocycles. The van der Waals surface area contributed by atoms with E-state index in [1.165, 1.54) is 4.90 Å². The standard InChI is InChI=1S/C34H43N3O7/c1-41-31-10-5-4-9-28(31)23-42-19-6-20-43-29-13-11-26(12-14-29)30-16-18-37(34(39)40)22-32(30)44-24-33(38)36-21-27-8-3-2-7-25(27)15-17-35/h2-5,7-14,30,32H,6,15-24,35H2,1H3,(H,36,38)(H,39,40). The number of methoxy groups -OCH3 is 1. The molecular formula is C34H43N3O7. The molecule has 0 saturated carbocycles. The topological polar surface area (TPSA) is 133 Å². The van der Waals surface area contributed by atoms with Crippen LogP contribution in [-0.4, -0.2) is 74.7 Å². The SMILES string of the molecule is COc1ccccc1COCCCOc1ccc(C2CCN(C(=O)O)CC2OCC(=O)NCc2ccccc2CCN)cc1. The van der Waals surface area contributed by atoms with Gasteiger partial charge in [0.25, 0.3) is 0 Å². The van der Waals surface area contributed by atoms with E-state index in [0.29, 0.717) is 45.9 Å². The number of para-hydroxylation sites is 1. The third-order valence-electron chi connectivity index (χ3n) is 7.73. The highest BCUT2D eigenvalue weighted by Crippen LogP contribution is 2.32. The average Bonchev–Trinajstić information content (AvgIpc) is 3.05. The summed E-state index contributed by atoms with van der Waals surface area (Å²) >= 11 is 0. The molecule has 2 unspecified atom stereocenters. The van der Waals surface area contributed by atoms with Crippen LogP contribution in [0.5, 0.6) is 11.5 Å². The van der Waals surface area contributed by atoms with Crippen LogP contribution in [0, 0.1) is 0 Å². The van der Waals surface area contributed by atoms with E-state index >= 15 is 0 Å². The number of nitrogens with zero attached hydrogens (tertiary/aromatic N) is 1. The summed E-state index contributed by atoms with van der Waals surface area (Å²) in [4.78, 5) is 25.7. The molecule has 2 atom stereocenters. The van der Waals surface area contributed by atoms with E-state index in [1.54, 1.807) is 7.11 Å². The minimum atomic E-state index is -0.992. The molecule has 0 radical (unpaired) electrons. The molecule has 4 N–H and O–H groups in total. The smallest absolute Gasteiger partial charge is 0.407 e. The summed E-state index contributed by atoms with van der Waals surface area (Å²) in [5.74, 6) is 1.25. The fourth-order valence-electron chi connectivity index (χ4n) is 5.36. The van der Waals surface area contributed by atoms with Crippen molar-refractivity contribution < 1.29 is 33.6 Å². The van der Waals surface area contributed by atoms with Gasteiger partial charge in [0.15, 0.2) is 0 Å². The highest BCUT2D eigenvalue weighted by molar-refractivity contribution is 5.77. The number of benzene rings is 3. The molecule has 0 spiro atoms. The zero-order valence-corrected chi connectivity index (χ0v) is 25.3. The van der Waals surface area contributed by atoms with Crippen molar-refractivity contribution >= 4 is 12.0 Å². The Hall–Kier alpha value is -4.12. The summed E-state index contributed by atoms with van der Waals surface area (Å²) in [6.45, 7) is 2.90. The molecule has 0 bridgehead atoms.